The zero-order chi connectivity index (χ0) is 14.0. The second kappa shape index (κ2) is 5.25. The minimum atomic E-state index is -0.202. The minimum Gasteiger partial charge on any atom is -0.493 e. The Hall–Kier alpha value is -1.87. The SMILES string of the molecule is NCC1(Cc2cccc(F)c2)COc2ccccc2C1. The summed E-state index contributed by atoms with van der Waals surface area (Å²) in [7, 11) is 0. The summed E-state index contributed by atoms with van der Waals surface area (Å²) in [5.74, 6) is 0.739. The van der Waals surface area contributed by atoms with Gasteiger partial charge in [-0.15, -0.1) is 0 Å². The number of nitrogens with two attached hydrogens (primary N) is 1. The highest BCUT2D eigenvalue weighted by Crippen LogP contribution is 2.36. The lowest BCUT2D eigenvalue weighted by atomic mass is 9.76. The summed E-state index contributed by atoms with van der Waals surface area (Å²) in [6, 6.07) is 14.8. The van der Waals surface area contributed by atoms with Crippen molar-refractivity contribution in [2.45, 2.75) is 12.8 Å². The van der Waals surface area contributed by atoms with E-state index in [1.807, 2.05) is 24.3 Å². The van der Waals surface area contributed by atoms with Crippen LogP contribution in [-0.2, 0) is 12.8 Å². The van der Waals surface area contributed by atoms with E-state index in [9.17, 15) is 4.39 Å². The topological polar surface area (TPSA) is 35.2 Å². The summed E-state index contributed by atoms with van der Waals surface area (Å²) in [5, 5.41) is 0. The molecular formula is C17H18FNO. The van der Waals surface area contributed by atoms with Crippen LogP contribution >= 0.6 is 0 Å². The first-order valence-corrected chi connectivity index (χ1v) is 6.86. The lowest BCUT2D eigenvalue weighted by Crippen LogP contribution is -2.43. The first-order valence-electron chi connectivity index (χ1n) is 6.86. The summed E-state index contributed by atoms with van der Waals surface area (Å²) in [6.07, 6.45) is 1.60. The molecule has 0 saturated heterocycles. The second-order valence-corrected chi connectivity index (χ2v) is 5.58. The first kappa shape index (κ1) is 13.1. The van der Waals surface area contributed by atoms with Gasteiger partial charge in [-0.1, -0.05) is 30.3 Å². The Balaban J connectivity index is 1.86. The summed E-state index contributed by atoms with van der Waals surface area (Å²) >= 11 is 0. The molecule has 0 amide bonds. The Morgan fingerprint density at radius 2 is 2.00 bits per heavy atom. The molecule has 20 heavy (non-hydrogen) atoms. The molecule has 3 heteroatoms. The van der Waals surface area contributed by atoms with Crippen molar-refractivity contribution in [1.82, 2.24) is 0 Å². The fourth-order valence-electron chi connectivity index (χ4n) is 2.87. The molecule has 2 nitrogen and oxygen atoms in total. The van der Waals surface area contributed by atoms with Crippen molar-refractivity contribution in [3.63, 3.8) is 0 Å². The van der Waals surface area contributed by atoms with Crippen molar-refractivity contribution in [2.75, 3.05) is 13.2 Å². The second-order valence-electron chi connectivity index (χ2n) is 5.58. The van der Waals surface area contributed by atoms with Gasteiger partial charge in [0, 0.05) is 12.0 Å². The number of para-hydroxylation sites is 1. The highest BCUT2D eigenvalue weighted by Gasteiger charge is 2.34. The molecule has 104 valence electrons. The molecular weight excluding hydrogens is 253 g/mol. The van der Waals surface area contributed by atoms with Gasteiger partial charge >= 0.3 is 0 Å². The molecule has 0 bridgehead atoms. The quantitative estimate of drug-likeness (QED) is 0.931. The smallest absolute Gasteiger partial charge is 0.123 e. The Labute approximate surface area is 118 Å². The molecule has 1 heterocycles. The van der Waals surface area contributed by atoms with Gasteiger partial charge < -0.3 is 10.5 Å². The third kappa shape index (κ3) is 2.54. The van der Waals surface area contributed by atoms with E-state index in [1.54, 1.807) is 12.1 Å². The van der Waals surface area contributed by atoms with Crippen molar-refractivity contribution in [1.29, 1.82) is 0 Å². The Bertz CT molecular complexity index is 613. The Morgan fingerprint density at radius 1 is 1.15 bits per heavy atom. The number of benzene rings is 2. The molecule has 2 aromatic carbocycles. The van der Waals surface area contributed by atoms with Crippen LogP contribution in [0.4, 0.5) is 4.39 Å². The molecule has 0 aromatic heterocycles. The fourth-order valence-corrected chi connectivity index (χ4v) is 2.87. The summed E-state index contributed by atoms with van der Waals surface area (Å²) in [6.45, 7) is 1.11. The van der Waals surface area contributed by atoms with Crippen molar-refractivity contribution < 1.29 is 9.13 Å². The lowest BCUT2D eigenvalue weighted by Gasteiger charge is -2.37. The maximum atomic E-state index is 13.3. The van der Waals surface area contributed by atoms with E-state index in [4.69, 9.17) is 10.5 Å². The summed E-state index contributed by atoms with van der Waals surface area (Å²) in [5.41, 5.74) is 8.01. The molecule has 1 atom stereocenters. The van der Waals surface area contributed by atoms with Gasteiger partial charge in [-0.25, -0.2) is 4.39 Å². The number of hydrogen-bond acceptors (Lipinski definition) is 2. The number of rotatable bonds is 3. The van der Waals surface area contributed by atoms with Crippen LogP contribution in [0.15, 0.2) is 48.5 Å². The van der Waals surface area contributed by atoms with Crippen LogP contribution in [0.5, 0.6) is 5.75 Å². The van der Waals surface area contributed by atoms with E-state index in [0.29, 0.717) is 13.2 Å². The molecule has 0 radical (unpaired) electrons. The van der Waals surface area contributed by atoms with Crippen LogP contribution in [0.25, 0.3) is 0 Å². The largest absolute Gasteiger partial charge is 0.493 e. The maximum absolute atomic E-state index is 13.3. The molecule has 0 saturated carbocycles. The number of ether oxygens (including phenoxy) is 1. The molecule has 1 aliphatic heterocycles. The van der Waals surface area contributed by atoms with Crippen LogP contribution in [0.2, 0.25) is 0 Å². The monoisotopic (exact) mass is 271 g/mol. The molecule has 2 aromatic rings. The molecule has 0 spiro atoms. The predicted octanol–water partition coefficient (Wildman–Crippen LogP) is 2.95. The van der Waals surface area contributed by atoms with E-state index in [1.165, 1.54) is 11.6 Å². The van der Waals surface area contributed by atoms with Crippen LogP contribution < -0.4 is 10.5 Å². The normalized spacial score (nSPS) is 21.1. The lowest BCUT2D eigenvalue weighted by molar-refractivity contribution is 0.126. The molecule has 3 rings (SSSR count). The highest BCUT2D eigenvalue weighted by atomic mass is 19.1. The molecule has 2 N–H and O–H groups in total. The van der Waals surface area contributed by atoms with Crippen molar-refractivity contribution >= 4 is 0 Å². The van der Waals surface area contributed by atoms with Gasteiger partial charge in [0.1, 0.15) is 11.6 Å². The zero-order valence-electron chi connectivity index (χ0n) is 11.3. The number of fused-ring (bicyclic) bond motifs is 1. The molecule has 1 aliphatic rings. The third-order valence-corrected chi connectivity index (χ3v) is 3.97. The van der Waals surface area contributed by atoms with E-state index in [-0.39, 0.29) is 11.2 Å². The van der Waals surface area contributed by atoms with Crippen molar-refractivity contribution in [3.8, 4) is 5.75 Å². The summed E-state index contributed by atoms with van der Waals surface area (Å²) < 4.78 is 19.2. The van der Waals surface area contributed by atoms with Gasteiger partial charge in [-0.05, 0) is 42.2 Å². The summed E-state index contributed by atoms with van der Waals surface area (Å²) in [4.78, 5) is 0. The average Bonchev–Trinajstić information content (AvgIpc) is 2.47. The van der Waals surface area contributed by atoms with E-state index in [2.05, 4.69) is 6.07 Å². The van der Waals surface area contributed by atoms with E-state index < -0.39 is 0 Å². The zero-order valence-corrected chi connectivity index (χ0v) is 11.3. The van der Waals surface area contributed by atoms with Gasteiger partial charge in [0.2, 0.25) is 0 Å². The maximum Gasteiger partial charge on any atom is 0.123 e. The molecule has 0 aliphatic carbocycles. The highest BCUT2D eigenvalue weighted by molar-refractivity contribution is 5.36. The van der Waals surface area contributed by atoms with Gasteiger partial charge in [0.15, 0.2) is 0 Å². The average molecular weight is 271 g/mol. The van der Waals surface area contributed by atoms with Crippen LogP contribution in [0, 0.1) is 11.2 Å². The van der Waals surface area contributed by atoms with Gasteiger partial charge in [-0.3, -0.25) is 0 Å². The van der Waals surface area contributed by atoms with Gasteiger partial charge in [0.05, 0.1) is 6.61 Å². The van der Waals surface area contributed by atoms with Crippen molar-refractivity contribution in [3.05, 3.63) is 65.5 Å². The van der Waals surface area contributed by atoms with Gasteiger partial charge in [0.25, 0.3) is 0 Å². The van der Waals surface area contributed by atoms with Crippen LogP contribution in [-0.4, -0.2) is 13.2 Å². The van der Waals surface area contributed by atoms with E-state index >= 15 is 0 Å². The predicted molar refractivity (Wildman–Crippen MR) is 77.2 cm³/mol. The number of halogens is 1. The first-order chi connectivity index (χ1) is 9.71. The minimum absolute atomic E-state index is 0.151. The molecule has 0 fully saturated rings. The van der Waals surface area contributed by atoms with Crippen LogP contribution in [0.3, 0.4) is 0 Å². The molecule has 1 unspecified atom stereocenters. The standard InChI is InChI=1S/C17H18FNO/c18-15-6-3-4-13(8-15)9-17(11-19)10-14-5-1-2-7-16(14)20-12-17/h1-8H,9-12,19H2. The van der Waals surface area contributed by atoms with Crippen molar-refractivity contribution in [2.24, 2.45) is 11.1 Å². The Morgan fingerprint density at radius 3 is 2.80 bits per heavy atom. The Kier molecular flexibility index (Phi) is 3.45. The van der Waals surface area contributed by atoms with E-state index in [0.717, 1.165) is 24.2 Å². The van der Waals surface area contributed by atoms with Gasteiger partial charge in [-0.2, -0.15) is 0 Å². The fraction of sp³-hybridized carbons (Fsp3) is 0.294. The number of hydrogen-bond donors (Lipinski definition) is 1. The van der Waals surface area contributed by atoms with Crippen LogP contribution in [0.1, 0.15) is 11.1 Å². The third-order valence-electron chi connectivity index (χ3n) is 3.97.